The summed E-state index contributed by atoms with van der Waals surface area (Å²) in [6.45, 7) is 2.91. The molecule has 2 N–H and O–H groups in total. The number of hydrogen-bond acceptors (Lipinski definition) is 3. The van der Waals surface area contributed by atoms with Crippen LogP contribution in [0.15, 0.2) is 24.3 Å². The first kappa shape index (κ1) is 16.9. The molecule has 2 atom stereocenters. The van der Waals surface area contributed by atoms with E-state index in [0.717, 1.165) is 57.4 Å². The van der Waals surface area contributed by atoms with Crippen molar-refractivity contribution < 1.29 is 9.13 Å². The van der Waals surface area contributed by atoms with Crippen molar-refractivity contribution in [1.82, 2.24) is 4.90 Å². The number of ether oxygens (including phenoxy) is 1. The Morgan fingerprint density at radius 2 is 2.00 bits per heavy atom. The maximum absolute atomic E-state index is 13.4. The Morgan fingerprint density at radius 1 is 1.22 bits per heavy atom. The van der Waals surface area contributed by atoms with E-state index in [2.05, 4.69) is 11.9 Å². The summed E-state index contributed by atoms with van der Waals surface area (Å²) in [5.74, 6) is 0.805. The standard InChI is InChI=1S/C19H29FN2O/c1-22-10-9-19(21)16(12-22)13-23-18-7-5-14(6-8-18)15-3-2-4-17(20)11-15/h2-4,11,14,16,18-19H,5-10,12-13,21H2,1H3. The third-order valence-corrected chi connectivity index (χ3v) is 5.54. The van der Waals surface area contributed by atoms with E-state index >= 15 is 0 Å². The fraction of sp³-hybridized carbons (Fsp3) is 0.684. The van der Waals surface area contributed by atoms with E-state index in [9.17, 15) is 4.39 Å². The Morgan fingerprint density at radius 3 is 2.74 bits per heavy atom. The molecule has 0 amide bonds. The summed E-state index contributed by atoms with van der Waals surface area (Å²) in [7, 11) is 2.16. The van der Waals surface area contributed by atoms with Gasteiger partial charge in [-0.1, -0.05) is 12.1 Å². The molecule has 23 heavy (non-hydrogen) atoms. The molecule has 1 heterocycles. The number of benzene rings is 1. The van der Waals surface area contributed by atoms with Crippen LogP contribution in [0.4, 0.5) is 4.39 Å². The number of likely N-dealkylation sites (tertiary alicyclic amines) is 1. The number of piperidine rings is 1. The van der Waals surface area contributed by atoms with Crippen molar-refractivity contribution in [3.8, 4) is 0 Å². The molecule has 0 spiro atoms. The average Bonchev–Trinajstić information content (AvgIpc) is 2.56. The van der Waals surface area contributed by atoms with E-state index in [1.807, 2.05) is 12.1 Å². The number of nitrogens with zero attached hydrogens (tertiary/aromatic N) is 1. The Hall–Kier alpha value is -0.970. The van der Waals surface area contributed by atoms with Gasteiger partial charge in [0.25, 0.3) is 0 Å². The van der Waals surface area contributed by atoms with Crippen molar-refractivity contribution in [2.45, 2.75) is 50.2 Å². The summed E-state index contributed by atoms with van der Waals surface area (Å²) in [4.78, 5) is 2.35. The number of rotatable bonds is 4. The molecule has 1 saturated carbocycles. The van der Waals surface area contributed by atoms with Gasteiger partial charge in [-0.2, -0.15) is 0 Å². The van der Waals surface area contributed by atoms with Gasteiger partial charge in [-0.05, 0) is 69.3 Å². The van der Waals surface area contributed by atoms with Gasteiger partial charge in [0.2, 0.25) is 0 Å². The number of nitrogens with two attached hydrogens (primary N) is 1. The Bertz CT molecular complexity index is 502. The van der Waals surface area contributed by atoms with Crippen molar-refractivity contribution in [3.05, 3.63) is 35.6 Å². The average molecular weight is 320 g/mol. The fourth-order valence-corrected chi connectivity index (χ4v) is 3.99. The monoisotopic (exact) mass is 320 g/mol. The van der Waals surface area contributed by atoms with Crippen LogP contribution < -0.4 is 5.73 Å². The molecule has 2 unspecified atom stereocenters. The first-order chi connectivity index (χ1) is 11.1. The summed E-state index contributed by atoms with van der Waals surface area (Å²) in [5.41, 5.74) is 7.37. The molecule has 0 aromatic heterocycles. The van der Waals surface area contributed by atoms with Gasteiger partial charge in [-0.25, -0.2) is 4.39 Å². The van der Waals surface area contributed by atoms with Crippen LogP contribution in [0.1, 0.15) is 43.6 Å². The van der Waals surface area contributed by atoms with Gasteiger partial charge in [0.05, 0.1) is 12.7 Å². The maximum atomic E-state index is 13.4. The van der Waals surface area contributed by atoms with Crippen LogP contribution in [0.2, 0.25) is 0 Å². The van der Waals surface area contributed by atoms with Gasteiger partial charge in [-0.15, -0.1) is 0 Å². The number of hydrogen-bond donors (Lipinski definition) is 1. The van der Waals surface area contributed by atoms with Gasteiger partial charge in [0.15, 0.2) is 0 Å². The molecule has 2 aliphatic rings. The van der Waals surface area contributed by atoms with Crippen molar-refractivity contribution in [2.24, 2.45) is 11.7 Å². The predicted octanol–water partition coefficient (Wildman–Crippen LogP) is 3.15. The highest BCUT2D eigenvalue weighted by Crippen LogP contribution is 2.34. The lowest BCUT2D eigenvalue weighted by molar-refractivity contribution is -0.0128. The lowest BCUT2D eigenvalue weighted by Gasteiger charge is -2.36. The van der Waals surface area contributed by atoms with Gasteiger partial charge in [0, 0.05) is 18.5 Å². The number of halogens is 1. The first-order valence-electron chi connectivity index (χ1n) is 8.93. The molecule has 128 valence electrons. The zero-order valence-corrected chi connectivity index (χ0v) is 14.1. The van der Waals surface area contributed by atoms with E-state index in [0.29, 0.717) is 17.9 Å². The molecule has 1 saturated heterocycles. The summed E-state index contributed by atoms with van der Waals surface area (Å²) in [6.07, 6.45) is 5.73. The molecular weight excluding hydrogens is 291 g/mol. The highest BCUT2D eigenvalue weighted by molar-refractivity contribution is 5.21. The second kappa shape index (κ2) is 7.73. The highest BCUT2D eigenvalue weighted by atomic mass is 19.1. The molecular formula is C19H29FN2O. The molecule has 0 radical (unpaired) electrons. The molecule has 2 fully saturated rings. The first-order valence-corrected chi connectivity index (χ1v) is 8.93. The highest BCUT2D eigenvalue weighted by Gasteiger charge is 2.28. The SMILES string of the molecule is CN1CCC(N)C(COC2CCC(c3cccc(F)c3)CC2)C1. The predicted molar refractivity (Wildman–Crippen MR) is 90.9 cm³/mol. The minimum absolute atomic E-state index is 0.128. The third-order valence-electron chi connectivity index (χ3n) is 5.54. The van der Waals surface area contributed by atoms with Crippen LogP contribution in [0.3, 0.4) is 0 Å². The van der Waals surface area contributed by atoms with Gasteiger partial charge in [0.1, 0.15) is 5.82 Å². The van der Waals surface area contributed by atoms with Crippen LogP contribution in [-0.2, 0) is 4.74 Å². The molecule has 1 aromatic rings. The third kappa shape index (κ3) is 4.52. The Kier molecular flexibility index (Phi) is 5.67. The van der Waals surface area contributed by atoms with Crippen molar-refractivity contribution in [1.29, 1.82) is 0 Å². The van der Waals surface area contributed by atoms with Gasteiger partial charge >= 0.3 is 0 Å². The van der Waals surface area contributed by atoms with Crippen LogP contribution in [-0.4, -0.2) is 43.8 Å². The quantitative estimate of drug-likeness (QED) is 0.926. The van der Waals surface area contributed by atoms with Gasteiger partial charge < -0.3 is 15.4 Å². The minimum Gasteiger partial charge on any atom is -0.378 e. The molecule has 1 aliphatic heterocycles. The second-order valence-electron chi connectivity index (χ2n) is 7.34. The minimum atomic E-state index is -0.128. The Labute approximate surface area is 139 Å². The fourth-order valence-electron chi connectivity index (χ4n) is 3.99. The lowest BCUT2D eigenvalue weighted by Crippen LogP contribution is -2.47. The van der Waals surface area contributed by atoms with Crippen molar-refractivity contribution in [2.75, 3.05) is 26.7 Å². The molecule has 3 rings (SSSR count). The van der Waals surface area contributed by atoms with E-state index in [1.54, 1.807) is 6.07 Å². The summed E-state index contributed by atoms with van der Waals surface area (Å²) in [6, 6.07) is 7.33. The second-order valence-corrected chi connectivity index (χ2v) is 7.34. The van der Waals surface area contributed by atoms with Gasteiger partial charge in [-0.3, -0.25) is 0 Å². The molecule has 1 aromatic carbocycles. The zero-order valence-electron chi connectivity index (χ0n) is 14.1. The molecule has 0 bridgehead atoms. The Balaban J connectivity index is 1.44. The molecule has 1 aliphatic carbocycles. The van der Waals surface area contributed by atoms with Crippen LogP contribution in [0.25, 0.3) is 0 Å². The van der Waals surface area contributed by atoms with Crippen molar-refractivity contribution >= 4 is 0 Å². The maximum Gasteiger partial charge on any atom is 0.123 e. The van der Waals surface area contributed by atoms with E-state index < -0.39 is 0 Å². The van der Waals surface area contributed by atoms with E-state index in [1.165, 1.54) is 6.07 Å². The van der Waals surface area contributed by atoms with Crippen LogP contribution in [0, 0.1) is 11.7 Å². The zero-order chi connectivity index (χ0) is 16.2. The topological polar surface area (TPSA) is 38.5 Å². The summed E-state index contributed by atoms with van der Waals surface area (Å²) >= 11 is 0. The summed E-state index contributed by atoms with van der Waals surface area (Å²) < 4.78 is 19.5. The molecule has 4 heteroatoms. The van der Waals surface area contributed by atoms with E-state index in [-0.39, 0.29) is 11.9 Å². The summed E-state index contributed by atoms with van der Waals surface area (Å²) in [5, 5.41) is 0. The molecule has 3 nitrogen and oxygen atoms in total. The van der Waals surface area contributed by atoms with E-state index in [4.69, 9.17) is 10.5 Å². The smallest absolute Gasteiger partial charge is 0.123 e. The normalized spacial score (nSPS) is 32.8. The van der Waals surface area contributed by atoms with Crippen LogP contribution >= 0.6 is 0 Å². The van der Waals surface area contributed by atoms with Crippen LogP contribution in [0.5, 0.6) is 0 Å². The lowest BCUT2D eigenvalue weighted by atomic mass is 9.82. The largest absolute Gasteiger partial charge is 0.378 e. The van der Waals surface area contributed by atoms with Crippen molar-refractivity contribution in [3.63, 3.8) is 0 Å².